The molecule has 0 saturated carbocycles. The Hall–Kier alpha value is -2.87. The lowest BCUT2D eigenvalue weighted by molar-refractivity contribution is -0.141. The summed E-state index contributed by atoms with van der Waals surface area (Å²) in [4.78, 5) is 36.8. The van der Waals surface area contributed by atoms with E-state index in [1.165, 1.54) is 18.4 Å². The molecule has 1 aromatic carbocycles. The number of hydrogen-bond acceptors (Lipinski definition) is 6. The molecule has 2 N–H and O–H groups in total. The van der Waals surface area contributed by atoms with E-state index < -0.39 is 17.7 Å². The summed E-state index contributed by atoms with van der Waals surface area (Å²) in [5.41, 5.74) is 0.775. The Morgan fingerprint density at radius 1 is 1.10 bits per heavy atom. The number of methoxy groups -OCH3 is 1. The maximum absolute atomic E-state index is 12.5. The molecule has 0 fully saturated rings. The van der Waals surface area contributed by atoms with E-state index in [1.807, 2.05) is 17.5 Å². The Kier molecular flexibility index (Phi) is 7.78. The molecule has 0 saturated heterocycles. The van der Waals surface area contributed by atoms with Crippen molar-refractivity contribution in [1.82, 2.24) is 5.32 Å². The predicted molar refractivity (Wildman–Crippen MR) is 112 cm³/mol. The highest BCUT2D eigenvalue weighted by Crippen LogP contribution is 2.23. The van der Waals surface area contributed by atoms with Gasteiger partial charge >= 0.3 is 12.1 Å². The third-order valence-electron chi connectivity index (χ3n) is 3.78. The minimum absolute atomic E-state index is 0.0709. The van der Waals surface area contributed by atoms with Crippen molar-refractivity contribution in [1.29, 1.82) is 0 Å². The van der Waals surface area contributed by atoms with Crippen molar-refractivity contribution in [2.75, 3.05) is 12.4 Å². The van der Waals surface area contributed by atoms with Crippen LogP contribution in [0.5, 0.6) is 0 Å². The smallest absolute Gasteiger partial charge is 0.412 e. The van der Waals surface area contributed by atoms with Crippen LogP contribution in [0.1, 0.15) is 43.7 Å². The second-order valence-corrected chi connectivity index (χ2v) is 8.40. The van der Waals surface area contributed by atoms with Crippen LogP contribution in [-0.2, 0) is 25.5 Å². The van der Waals surface area contributed by atoms with Gasteiger partial charge in [0.15, 0.2) is 0 Å². The number of ether oxygens (including phenoxy) is 2. The van der Waals surface area contributed by atoms with Gasteiger partial charge < -0.3 is 14.8 Å². The highest BCUT2D eigenvalue weighted by atomic mass is 32.1. The van der Waals surface area contributed by atoms with Gasteiger partial charge in [-0.25, -0.2) is 4.79 Å². The molecule has 8 heteroatoms. The molecule has 1 atom stereocenters. The van der Waals surface area contributed by atoms with Gasteiger partial charge in [-0.15, -0.1) is 11.3 Å². The monoisotopic (exact) mass is 418 g/mol. The van der Waals surface area contributed by atoms with Crippen LogP contribution in [-0.4, -0.2) is 30.7 Å². The normalized spacial score (nSPS) is 12.0. The minimum Gasteiger partial charge on any atom is -0.469 e. The number of carbonyl (C=O) groups is 3. The van der Waals surface area contributed by atoms with Gasteiger partial charge in [0.05, 0.1) is 26.0 Å². The molecule has 0 aliphatic rings. The molecule has 7 nitrogen and oxygen atoms in total. The third kappa shape index (κ3) is 7.95. The van der Waals surface area contributed by atoms with E-state index in [4.69, 9.17) is 9.47 Å². The maximum Gasteiger partial charge on any atom is 0.412 e. The van der Waals surface area contributed by atoms with Gasteiger partial charge in [0.25, 0.3) is 0 Å². The first-order valence-corrected chi connectivity index (χ1v) is 10.0. The fraction of sp³-hybridized carbons (Fsp3) is 0.381. The molecule has 0 aliphatic carbocycles. The molecule has 0 radical (unpaired) electrons. The van der Waals surface area contributed by atoms with Crippen molar-refractivity contribution < 1.29 is 23.9 Å². The van der Waals surface area contributed by atoms with E-state index in [9.17, 15) is 14.4 Å². The fourth-order valence-corrected chi connectivity index (χ4v) is 3.30. The largest absolute Gasteiger partial charge is 0.469 e. The molecule has 2 rings (SSSR count). The first-order valence-electron chi connectivity index (χ1n) is 9.15. The molecule has 156 valence electrons. The molecular weight excluding hydrogens is 392 g/mol. The standard InChI is InChI=1S/C21H26N2O5S/c1-21(2,3)28-20(26)22-15-9-7-14(8-10-15)12-18(24)23-16(13-19(25)27-4)17-6-5-11-29-17/h5-11,16H,12-13H2,1-4H3,(H,22,26)(H,23,24)/t16-/m0/s1. The second-order valence-electron chi connectivity index (χ2n) is 7.42. The molecule has 1 heterocycles. The van der Waals surface area contributed by atoms with Crippen LogP contribution in [0.15, 0.2) is 41.8 Å². The number of thiophene rings is 1. The molecular formula is C21H26N2O5S. The SMILES string of the molecule is COC(=O)C[C@H](NC(=O)Cc1ccc(NC(=O)OC(C)(C)C)cc1)c1cccs1. The molecule has 2 aromatic rings. The first-order chi connectivity index (χ1) is 13.7. The van der Waals surface area contributed by atoms with Crippen molar-refractivity contribution in [3.05, 3.63) is 52.2 Å². The lowest BCUT2D eigenvalue weighted by Gasteiger charge is -2.19. The topological polar surface area (TPSA) is 93.7 Å². The number of anilines is 1. The van der Waals surface area contributed by atoms with Crippen LogP contribution in [0.4, 0.5) is 10.5 Å². The number of rotatable bonds is 7. The summed E-state index contributed by atoms with van der Waals surface area (Å²) in [6.07, 6.45) is -0.318. The van der Waals surface area contributed by atoms with Gasteiger partial charge in [0, 0.05) is 10.6 Å². The number of hydrogen-bond donors (Lipinski definition) is 2. The lowest BCUT2D eigenvalue weighted by atomic mass is 10.1. The summed E-state index contributed by atoms with van der Waals surface area (Å²) < 4.78 is 9.93. The van der Waals surface area contributed by atoms with E-state index in [0.717, 1.165) is 10.4 Å². The van der Waals surface area contributed by atoms with Crippen LogP contribution in [0.25, 0.3) is 0 Å². The van der Waals surface area contributed by atoms with Crippen LogP contribution >= 0.6 is 11.3 Å². The van der Waals surface area contributed by atoms with Crippen LogP contribution in [0, 0.1) is 0 Å². The minimum atomic E-state index is -0.578. The number of carbonyl (C=O) groups excluding carboxylic acids is 3. The summed E-state index contributed by atoms with van der Waals surface area (Å²) in [6.45, 7) is 5.37. The maximum atomic E-state index is 12.5. The zero-order chi connectivity index (χ0) is 21.4. The van der Waals surface area contributed by atoms with Crippen molar-refractivity contribution >= 4 is 35.0 Å². The zero-order valence-electron chi connectivity index (χ0n) is 17.0. The number of esters is 1. The Morgan fingerprint density at radius 3 is 2.34 bits per heavy atom. The summed E-state index contributed by atoms with van der Waals surface area (Å²) in [7, 11) is 1.32. The number of benzene rings is 1. The van der Waals surface area contributed by atoms with Crippen LogP contribution in [0.3, 0.4) is 0 Å². The Balaban J connectivity index is 1.93. The van der Waals surface area contributed by atoms with Gasteiger partial charge in [0.2, 0.25) is 5.91 Å². The van der Waals surface area contributed by atoms with E-state index in [-0.39, 0.29) is 24.7 Å². The Labute approximate surface area is 174 Å². The number of nitrogens with one attached hydrogen (secondary N) is 2. The van der Waals surface area contributed by atoms with E-state index >= 15 is 0 Å². The molecule has 0 unspecified atom stereocenters. The van der Waals surface area contributed by atoms with Gasteiger partial charge in [-0.05, 0) is 49.9 Å². The molecule has 2 amide bonds. The Morgan fingerprint density at radius 2 is 1.79 bits per heavy atom. The van der Waals surface area contributed by atoms with Crippen LogP contribution in [0.2, 0.25) is 0 Å². The van der Waals surface area contributed by atoms with Gasteiger partial charge in [0.1, 0.15) is 5.60 Å². The average molecular weight is 419 g/mol. The molecule has 0 bridgehead atoms. The summed E-state index contributed by atoms with van der Waals surface area (Å²) in [5, 5.41) is 7.42. The zero-order valence-corrected chi connectivity index (χ0v) is 17.8. The molecule has 1 aromatic heterocycles. The summed E-state index contributed by atoms with van der Waals surface area (Å²) >= 11 is 1.47. The summed E-state index contributed by atoms with van der Waals surface area (Å²) in [5.74, 6) is -0.596. The molecule has 0 aliphatic heterocycles. The highest BCUT2D eigenvalue weighted by molar-refractivity contribution is 7.10. The van der Waals surface area contributed by atoms with Crippen molar-refractivity contribution in [2.24, 2.45) is 0 Å². The van der Waals surface area contributed by atoms with Crippen molar-refractivity contribution in [2.45, 2.75) is 45.3 Å². The summed E-state index contributed by atoms with van der Waals surface area (Å²) in [6, 6.07) is 10.2. The van der Waals surface area contributed by atoms with Crippen molar-refractivity contribution in [3.63, 3.8) is 0 Å². The van der Waals surface area contributed by atoms with Crippen molar-refractivity contribution in [3.8, 4) is 0 Å². The number of amides is 2. The molecule has 0 spiro atoms. The predicted octanol–water partition coefficient (Wildman–Crippen LogP) is 4.06. The highest BCUT2D eigenvalue weighted by Gasteiger charge is 2.20. The molecule has 29 heavy (non-hydrogen) atoms. The van der Waals surface area contributed by atoms with E-state index in [0.29, 0.717) is 5.69 Å². The van der Waals surface area contributed by atoms with Gasteiger partial charge in [-0.3, -0.25) is 14.9 Å². The van der Waals surface area contributed by atoms with Crippen LogP contribution < -0.4 is 10.6 Å². The van der Waals surface area contributed by atoms with E-state index in [1.54, 1.807) is 45.0 Å². The van der Waals surface area contributed by atoms with Gasteiger partial charge in [-0.2, -0.15) is 0 Å². The second kappa shape index (κ2) is 10.1. The fourth-order valence-electron chi connectivity index (χ4n) is 2.52. The van der Waals surface area contributed by atoms with E-state index in [2.05, 4.69) is 10.6 Å². The third-order valence-corrected chi connectivity index (χ3v) is 4.77. The first kappa shape index (κ1) is 22.4. The Bertz CT molecular complexity index is 826. The van der Waals surface area contributed by atoms with Gasteiger partial charge in [-0.1, -0.05) is 18.2 Å². The quantitative estimate of drug-likeness (QED) is 0.662. The lowest BCUT2D eigenvalue weighted by Crippen LogP contribution is -2.31. The average Bonchev–Trinajstić information content (AvgIpc) is 3.15.